The van der Waals surface area contributed by atoms with Crippen LogP contribution in [0, 0.1) is 5.92 Å². The number of piperidine rings is 1. The lowest BCUT2D eigenvalue weighted by Gasteiger charge is -2.32. The maximum absolute atomic E-state index is 12.5. The van der Waals surface area contributed by atoms with E-state index >= 15 is 0 Å². The Morgan fingerprint density at radius 2 is 1.84 bits per heavy atom. The van der Waals surface area contributed by atoms with Crippen LogP contribution < -0.4 is 5.32 Å². The van der Waals surface area contributed by atoms with Crippen molar-refractivity contribution in [3.63, 3.8) is 0 Å². The van der Waals surface area contributed by atoms with E-state index in [2.05, 4.69) is 10.3 Å². The zero-order valence-electron chi connectivity index (χ0n) is 18.0. The van der Waals surface area contributed by atoms with E-state index < -0.39 is 0 Å². The normalized spacial score (nSPS) is 14.9. The van der Waals surface area contributed by atoms with Gasteiger partial charge in [0.15, 0.2) is 0 Å². The third-order valence-electron chi connectivity index (χ3n) is 5.59. The van der Waals surface area contributed by atoms with Crippen molar-refractivity contribution in [2.45, 2.75) is 32.1 Å². The van der Waals surface area contributed by atoms with Crippen LogP contribution >= 0.6 is 0 Å². The molecule has 0 bridgehead atoms. The number of carbonyl (C=O) groups is 2. The molecule has 162 valence electrons. The number of nitrogens with one attached hydrogen (secondary N) is 1. The van der Waals surface area contributed by atoms with Crippen molar-refractivity contribution in [1.29, 1.82) is 0 Å². The van der Waals surface area contributed by atoms with Crippen molar-refractivity contribution in [2.24, 2.45) is 5.92 Å². The quantitative estimate of drug-likeness (QED) is 0.371. The van der Waals surface area contributed by atoms with Crippen molar-refractivity contribution >= 4 is 17.9 Å². The summed E-state index contributed by atoms with van der Waals surface area (Å²) in [4.78, 5) is 30.4. The van der Waals surface area contributed by atoms with Crippen LogP contribution in [0.5, 0.6) is 0 Å². The minimum atomic E-state index is -0.0661. The predicted molar refractivity (Wildman–Crippen MR) is 124 cm³/mol. The molecule has 2 heterocycles. The van der Waals surface area contributed by atoms with E-state index in [0.717, 1.165) is 56.3 Å². The molecule has 5 heteroatoms. The van der Waals surface area contributed by atoms with E-state index in [1.807, 2.05) is 59.5 Å². The molecule has 2 aromatic rings. The maximum Gasteiger partial charge on any atom is 0.253 e. The molecule has 0 radical (unpaired) electrons. The first-order valence-corrected chi connectivity index (χ1v) is 11.1. The van der Waals surface area contributed by atoms with Gasteiger partial charge in [-0.2, -0.15) is 0 Å². The van der Waals surface area contributed by atoms with E-state index in [1.165, 1.54) is 0 Å². The van der Waals surface area contributed by atoms with E-state index in [4.69, 9.17) is 0 Å². The fourth-order valence-corrected chi connectivity index (χ4v) is 3.80. The number of unbranched alkanes of at least 4 members (excludes halogenated alkanes) is 1. The monoisotopic (exact) mass is 417 g/mol. The highest BCUT2D eigenvalue weighted by Crippen LogP contribution is 2.23. The van der Waals surface area contributed by atoms with Crippen LogP contribution in [0.25, 0.3) is 6.08 Å². The average Bonchev–Trinajstić information content (AvgIpc) is 2.83. The van der Waals surface area contributed by atoms with Gasteiger partial charge in [0, 0.05) is 43.7 Å². The lowest BCUT2D eigenvalue weighted by atomic mass is 9.91. The maximum atomic E-state index is 12.5. The zero-order valence-corrected chi connectivity index (χ0v) is 18.0. The average molecular weight is 418 g/mol. The Morgan fingerprint density at radius 1 is 1.03 bits per heavy atom. The van der Waals surface area contributed by atoms with Crippen molar-refractivity contribution in [2.75, 3.05) is 19.6 Å². The second kappa shape index (κ2) is 12.5. The topological polar surface area (TPSA) is 62.3 Å². The molecule has 5 nitrogen and oxygen atoms in total. The highest BCUT2D eigenvalue weighted by atomic mass is 16.2. The molecular weight excluding hydrogens is 386 g/mol. The molecule has 1 saturated heterocycles. The van der Waals surface area contributed by atoms with Crippen LogP contribution in [-0.4, -0.2) is 41.3 Å². The van der Waals surface area contributed by atoms with Gasteiger partial charge in [-0.1, -0.05) is 55.3 Å². The summed E-state index contributed by atoms with van der Waals surface area (Å²) >= 11 is 0. The summed E-state index contributed by atoms with van der Waals surface area (Å²) in [5, 5.41) is 2.93. The Balaban J connectivity index is 1.24. The molecule has 1 aliphatic heterocycles. The third-order valence-corrected chi connectivity index (χ3v) is 5.59. The molecule has 1 fully saturated rings. The largest absolute Gasteiger partial charge is 0.353 e. The molecule has 0 atom stereocenters. The van der Waals surface area contributed by atoms with Gasteiger partial charge in [0.25, 0.3) is 5.91 Å². The van der Waals surface area contributed by atoms with Crippen LogP contribution in [0.4, 0.5) is 0 Å². The third kappa shape index (κ3) is 7.85. The molecule has 1 N–H and O–H groups in total. The summed E-state index contributed by atoms with van der Waals surface area (Å²) in [7, 11) is 0. The second-order valence-corrected chi connectivity index (χ2v) is 7.89. The molecule has 2 amide bonds. The second-order valence-electron chi connectivity index (χ2n) is 7.89. The van der Waals surface area contributed by atoms with Crippen LogP contribution in [0.3, 0.4) is 0 Å². The number of likely N-dealkylation sites (tertiary alicyclic amines) is 1. The minimum absolute atomic E-state index is 0.0661. The molecule has 1 aliphatic rings. The van der Waals surface area contributed by atoms with Gasteiger partial charge < -0.3 is 10.2 Å². The number of pyridine rings is 1. The highest BCUT2D eigenvalue weighted by Gasteiger charge is 2.23. The standard InChI is InChI=1S/C26H31N3O2/c30-25(14-5-4-10-23-11-8-17-27-21-23)28-18-7-6-9-22-15-19-29(20-16-22)26(31)24-12-2-1-3-13-24/h1-5,8,10-14,17,21-22H,6-7,9,15-16,18-20H2,(H,28,30). The number of allylic oxidation sites excluding steroid dienone is 2. The van der Waals surface area contributed by atoms with Crippen LogP contribution in [0.2, 0.25) is 0 Å². The highest BCUT2D eigenvalue weighted by molar-refractivity contribution is 5.94. The van der Waals surface area contributed by atoms with Gasteiger partial charge in [-0.25, -0.2) is 0 Å². The fraction of sp³-hybridized carbons (Fsp3) is 0.346. The molecule has 1 aromatic heterocycles. The Labute approximate surface area is 184 Å². The van der Waals surface area contributed by atoms with Gasteiger partial charge >= 0.3 is 0 Å². The van der Waals surface area contributed by atoms with E-state index in [-0.39, 0.29) is 11.8 Å². The van der Waals surface area contributed by atoms with Crippen molar-refractivity contribution in [3.8, 4) is 0 Å². The van der Waals surface area contributed by atoms with Crippen molar-refractivity contribution in [1.82, 2.24) is 15.2 Å². The van der Waals surface area contributed by atoms with E-state index in [1.54, 1.807) is 24.5 Å². The van der Waals surface area contributed by atoms with Crippen LogP contribution in [0.15, 0.2) is 73.1 Å². The first-order chi connectivity index (χ1) is 15.2. The van der Waals surface area contributed by atoms with Crippen LogP contribution in [-0.2, 0) is 4.79 Å². The minimum Gasteiger partial charge on any atom is -0.353 e. The molecular formula is C26H31N3O2. The van der Waals surface area contributed by atoms with E-state index in [0.29, 0.717) is 12.5 Å². The summed E-state index contributed by atoms with van der Waals surface area (Å²) < 4.78 is 0. The Hall–Kier alpha value is -3.21. The Kier molecular flexibility index (Phi) is 9.05. The molecule has 0 aliphatic carbocycles. The number of hydrogen-bond donors (Lipinski definition) is 1. The molecule has 1 aromatic carbocycles. The number of benzene rings is 1. The van der Waals surface area contributed by atoms with Gasteiger partial charge in [0.2, 0.25) is 5.91 Å². The van der Waals surface area contributed by atoms with Gasteiger partial charge in [0.05, 0.1) is 0 Å². The number of rotatable bonds is 9. The summed E-state index contributed by atoms with van der Waals surface area (Å²) in [6, 6.07) is 13.4. The van der Waals surface area contributed by atoms with Gasteiger partial charge in [0.1, 0.15) is 0 Å². The molecule has 0 spiro atoms. The summed E-state index contributed by atoms with van der Waals surface area (Å²) in [6.07, 6.45) is 15.9. The predicted octanol–water partition coefficient (Wildman–Crippen LogP) is 4.49. The summed E-state index contributed by atoms with van der Waals surface area (Å²) in [5.41, 5.74) is 1.78. The van der Waals surface area contributed by atoms with Gasteiger partial charge in [-0.3, -0.25) is 14.6 Å². The van der Waals surface area contributed by atoms with Crippen LogP contribution in [0.1, 0.15) is 48.0 Å². The number of amides is 2. The Bertz CT molecular complexity index is 870. The Morgan fingerprint density at radius 3 is 2.58 bits per heavy atom. The molecule has 0 saturated carbocycles. The van der Waals surface area contributed by atoms with Gasteiger partial charge in [-0.15, -0.1) is 0 Å². The number of carbonyl (C=O) groups excluding carboxylic acids is 2. The number of hydrogen-bond acceptors (Lipinski definition) is 3. The summed E-state index contributed by atoms with van der Waals surface area (Å²) in [5.74, 6) is 0.752. The fourth-order valence-electron chi connectivity index (χ4n) is 3.80. The smallest absolute Gasteiger partial charge is 0.253 e. The molecule has 31 heavy (non-hydrogen) atoms. The SMILES string of the molecule is O=C(C=CC=Cc1cccnc1)NCCCCC1CCN(C(=O)c2ccccc2)CC1. The number of aromatic nitrogens is 1. The number of nitrogens with zero attached hydrogens (tertiary/aromatic N) is 2. The lowest BCUT2D eigenvalue weighted by Crippen LogP contribution is -2.38. The molecule has 3 rings (SSSR count). The first-order valence-electron chi connectivity index (χ1n) is 11.1. The van der Waals surface area contributed by atoms with Gasteiger partial charge in [-0.05, 0) is 48.9 Å². The summed E-state index contributed by atoms with van der Waals surface area (Å²) in [6.45, 7) is 2.37. The first kappa shape index (κ1) is 22.5. The van der Waals surface area contributed by atoms with Crippen molar-refractivity contribution < 1.29 is 9.59 Å². The molecule has 0 unspecified atom stereocenters. The van der Waals surface area contributed by atoms with Crippen molar-refractivity contribution in [3.05, 3.63) is 84.2 Å². The van der Waals surface area contributed by atoms with E-state index in [9.17, 15) is 9.59 Å². The lowest BCUT2D eigenvalue weighted by molar-refractivity contribution is -0.116. The zero-order chi connectivity index (χ0) is 21.7.